The first-order valence-electron chi connectivity index (χ1n) is 6.66. The summed E-state index contributed by atoms with van der Waals surface area (Å²) in [5.41, 5.74) is 6.00. The molecule has 1 atom stereocenters. The summed E-state index contributed by atoms with van der Waals surface area (Å²) in [6.45, 7) is 11.4. The molecular formula is C13H30N2O2. The molecule has 0 saturated carbocycles. The Morgan fingerprint density at radius 1 is 1.12 bits per heavy atom. The van der Waals surface area contributed by atoms with Gasteiger partial charge in [-0.25, -0.2) is 0 Å². The second-order valence-corrected chi connectivity index (χ2v) is 4.65. The third-order valence-corrected chi connectivity index (χ3v) is 3.40. The van der Waals surface area contributed by atoms with Gasteiger partial charge < -0.3 is 15.2 Å². The Morgan fingerprint density at radius 3 is 2.29 bits per heavy atom. The number of rotatable bonds is 11. The van der Waals surface area contributed by atoms with E-state index < -0.39 is 0 Å². The fourth-order valence-electron chi connectivity index (χ4n) is 1.84. The topological polar surface area (TPSA) is 47.7 Å². The minimum atomic E-state index is 0.0978. The van der Waals surface area contributed by atoms with Crippen molar-refractivity contribution in [2.45, 2.75) is 39.2 Å². The molecule has 0 rings (SSSR count). The molecule has 0 amide bonds. The highest BCUT2D eigenvalue weighted by Gasteiger charge is 2.27. The first-order chi connectivity index (χ1) is 8.14. The molecule has 1 unspecified atom stereocenters. The third-order valence-electron chi connectivity index (χ3n) is 3.40. The van der Waals surface area contributed by atoms with E-state index in [9.17, 15) is 0 Å². The first kappa shape index (κ1) is 16.8. The molecule has 0 aliphatic carbocycles. The fraction of sp³-hybridized carbons (Fsp3) is 1.00. The number of methoxy groups -OCH3 is 1. The van der Waals surface area contributed by atoms with Crippen molar-refractivity contribution in [1.29, 1.82) is 0 Å². The van der Waals surface area contributed by atoms with Crippen LogP contribution in [0.2, 0.25) is 0 Å². The second kappa shape index (κ2) is 9.83. The van der Waals surface area contributed by atoms with E-state index >= 15 is 0 Å². The summed E-state index contributed by atoms with van der Waals surface area (Å²) < 4.78 is 10.5. The van der Waals surface area contributed by atoms with Crippen LogP contribution in [0.25, 0.3) is 0 Å². The SMILES string of the molecule is CCCN(CCOCCOC)C(C)(CC)CN. The highest BCUT2D eigenvalue weighted by Crippen LogP contribution is 2.18. The zero-order valence-corrected chi connectivity index (χ0v) is 12.0. The van der Waals surface area contributed by atoms with Crippen LogP contribution in [-0.4, -0.2) is 57.0 Å². The first-order valence-corrected chi connectivity index (χ1v) is 6.66. The summed E-state index contributed by atoms with van der Waals surface area (Å²) in [6, 6.07) is 0. The van der Waals surface area contributed by atoms with Gasteiger partial charge in [-0.05, 0) is 26.3 Å². The minimum Gasteiger partial charge on any atom is -0.382 e. The average molecular weight is 246 g/mol. The maximum absolute atomic E-state index is 5.90. The monoisotopic (exact) mass is 246 g/mol. The van der Waals surface area contributed by atoms with Gasteiger partial charge in [0.15, 0.2) is 0 Å². The van der Waals surface area contributed by atoms with Crippen molar-refractivity contribution < 1.29 is 9.47 Å². The molecule has 0 aromatic carbocycles. The number of hydrogen-bond donors (Lipinski definition) is 1. The van der Waals surface area contributed by atoms with Crippen molar-refractivity contribution in [3.8, 4) is 0 Å². The van der Waals surface area contributed by atoms with Crippen molar-refractivity contribution in [1.82, 2.24) is 4.90 Å². The van der Waals surface area contributed by atoms with Crippen molar-refractivity contribution in [2.24, 2.45) is 5.73 Å². The molecule has 4 heteroatoms. The predicted octanol–water partition coefficient (Wildman–Crippen LogP) is 1.49. The van der Waals surface area contributed by atoms with E-state index in [4.69, 9.17) is 15.2 Å². The zero-order chi connectivity index (χ0) is 13.1. The lowest BCUT2D eigenvalue weighted by Gasteiger charge is -2.40. The molecule has 0 aliphatic heterocycles. The van der Waals surface area contributed by atoms with E-state index in [1.54, 1.807) is 7.11 Å². The number of nitrogens with zero attached hydrogens (tertiary/aromatic N) is 1. The smallest absolute Gasteiger partial charge is 0.0700 e. The van der Waals surface area contributed by atoms with Crippen LogP contribution in [0.4, 0.5) is 0 Å². The van der Waals surface area contributed by atoms with Gasteiger partial charge in [-0.15, -0.1) is 0 Å². The Hall–Kier alpha value is -0.160. The quantitative estimate of drug-likeness (QED) is 0.561. The van der Waals surface area contributed by atoms with Gasteiger partial charge in [0.2, 0.25) is 0 Å². The Morgan fingerprint density at radius 2 is 1.82 bits per heavy atom. The fourth-order valence-corrected chi connectivity index (χ4v) is 1.84. The molecule has 0 fully saturated rings. The number of ether oxygens (including phenoxy) is 2. The molecule has 0 heterocycles. The van der Waals surface area contributed by atoms with Crippen LogP contribution in [-0.2, 0) is 9.47 Å². The minimum absolute atomic E-state index is 0.0978. The molecule has 0 aliphatic rings. The molecule has 17 heavy (non-hydrogen) atoms. The lowest BCUT2D eigenvalue weighted by molar-refractivity contribution is 0.0304. The van der Waals surface area contributed by atoms with Crippen LogP contribution >= 0.6 is 0 Å². The summed E-state index contributed by atoms with van der Waals surface area (Å²) >= 11 is 0. The van der Waals surface area contributed by atoms with E-state index in [0.717, 1.165) is 32.5 Å². The van der Waals surface area contributed by atoms with Gasteiger partial charge in [0.25, 0.3) is 0 Å². The Balaban J connectivity index is 4.05. The van der Waals surface area contributed by atoms with E-state index in [2.05, 4.69) is 25.7 Å². The van der Waals surface area contributed by atoms with Crippen LogP contribution in [0.5, 0.6) is 0 Å². The summed E-state index contributed by atoms with van der Waals surface area (Å²) in [7, 11) is 1.69. The van der Waals surface area contributed by atoms with Gasteiger partial charge in [-0.2, -0.15) is 0 Å². The van der Waals surface area contributed by atoms with Crippen LogP contribution < -0.4 is 5.73 Å². The molecule has 104 valence electrons. The maximum atomic E-state index is 5.90. The van der Waals surface area contributed by atoms with E-state index in [1.165, 1.54) is 0 Å². The summed E-state index contributed by atoms with van der Waals surface area (Å²) in [4.78, 5) is 2.44. The van der Waals surface area contributed by atoms with E-state index in [-0.39, 0.29) is 5.54 Å². The van der Waals surface area contributed by atoms with Crippen LogP contribution in [0.3, 0.4) is 0 Å². The number of hydrogen-bond acceptors (Lipinski definition) is 4. The number of nitrogens with two attached hydrogens (primary N) is 1. The van der Waals surface area contributed by atoms with Gasteiger partial charge in [-0.3, -0.25) is 4.90 Å². The lowest BCUT2D eigenvalue weighted by Crippen LogP contribution is -2.52. The molecule has 0 aromatic heterocycles. The highest BCUT2D eigenvalue weighted by molar-refractivity contribution is 4.85. The van der Waals surface area contributed by atoms with Gasteiger partial charge in [0.05, 0.1) is 19.8 Å². The largest absolute Gasteiger partial charge is 0.382 e. The molecule has 0 radical (unpaired) electrons. The second-order valence-electron chi connectivity index (χ2n) is 4.65. The lowest BCUT2D eigenvalue weighted by atomic mass is 9.96. The van der Waals surface area contributed by atoms with Crippen molar-refractivity contribution in [3.05, 3.63) is 0 Å². The molecule has 0 saturated heterocycles. The van der Waals surface area contributed by atoms with Crippen LogP contribution in [0.1, 0.15) is 33.6 Å². The summed E-state index contributed by atoms with van der Waals surface area (Å²) in [6.07, 6.45) is 2.22. The Kier molecular flexibility index (Phi) is 9.74. The Labute approximate surface area is 106 Å². The molecule has 2 N–H and O–H groups in total. The molecule has 0 aromatic rings. The van der Waals surface area contributed by atoms with E-state index in [0.29, 0.717) is 19.8 Å². The molecular weight excluding hydrogens is 216 g/mol. The maximum Gasteiger partial charge on any atom is 0.0700 e. The van der Waals surface area contributed by atoms with Crippen LogP contribution in [0, 0.1) is 0 Å². The summed E-state index contributed by atoms with van der Waals surface area (Å²) in [5.74, 6) is 0. The van der Waals surface area contributed by atoms with Gasteiger partial charge in [0, 0.05) is 25.7 Å². The predicted molar refractivity (Wildman–Crippen MR) is 72.3 cm³/mol. The highest BCUT2D eigenvalue weighted by atomic mass is 16.5. The normalized spacial score (nSPS) is 15.2. The van der Waals surface area contributed by atoms with Crippen molar-refractivity contribution in [2.75, 3.05) is 46.6 Å². The van der Waals surface area contributed by atoms with Crippen molar-refractivity contribution >= 4 is 0 Å². The van der Waals surface area contributed by atoms with E-state index in [1.807, 2.05) is 0 Å². The van der Waals surface area contributed by atoms with Crippen LogP contribution in [0.15, 0.2) is 0 Å². The standard InChI is InChI=1S/C13H30N2O2/c1-5-7-15(13(3,6-2)12-14)8-9-17-11-10-16-4/h5-12,14H2,1-4H3. The molecule has 4 nitrogen and oxygen atoms in total. The third kappa shape index (κ3) is 6.36. The van der Waals surface area contributed by atoms with Crippen molar-refractivity contribution in [3.63, 3.8) is 0 Å². The van der Waals surface area contributed by atoms with Gasteiger partial charge in [0.1, 0.15) is 0 Å². The Bertz CT molecular complexity index is 173. The molecule has 0 spiro atoms. The van der Waals surface area contributed by atoms with Gasteiger partial charge >= 0.3 is 0 Å². The van der Waals surface area contributed by atoms with Gasteiger partial charge in [-0.1, -0.05) is 13.8 Å². The zero-order valence-electron chi connectivity index (χ0n) is 12.0. The average Bonchev–Trinajstić information content (AvgIpc) is 2.36. The molecule has 0 bridgehead atoms. The summed E-state index contributed by atoms with van der Waals surface area (Å²) in [5, 5.41) is 0.